The van der Waals surface area contributed by atoms with Crippen LogP contribution in [0, 0.1) is 10.1 Å². The molecule has 2 N–H and O–H groups in total. The maximum Gasteiger partial charge on any atom is 0.269 e. The Kier molecular flexibility index (Phi) is 7.19. The molecule has 0 bridgehead atoms. The highest BCUT2D eigenvalue weighted by molar-refractivity contribution is 7.99. The lowest BCUT2D eigenvalue weighted by Gasteiger charge is -2.15. The lowest BCUT2D eigenvalue weighted by Crippen LogP contribution is -2.15. The van der Waals surface area contributed by atoms with E-state index in [-0.39, 0.29) is 17.9 Å². The molecule has 2 atom stereocenters. The molecule has 1 heterocycles. The molecular formula is C25H22N2O5S. The van der Waals surface area contributed by atoms with Crippen molar-refractivity contribution in [1.82, 2.24) is 4.98 Å². The van der Waals surface area contributed by atoms with Crippen LogP contribution in [-0.2, 0) is 0 Å². The van der Waals surface area contributed by atoms with Gasteiger partial charge >= 0.3 is 0 Å². The number of aromatic nitrogens is 1. The number of non-ortho nitro benzene ring substituents is 1. The average Bonchev–Trinajstić information content (AvgIpc) is 3.28. The van der Waals surface area contributed by atoms with E-state index in [1.54, 1.807) is 0 Å². The summed E-state index contributed by atoms with van der Waals surface area (Å²) in [6.07, 6.45) is -1.68. The van der Waals surface area contributed by atoms with Gasteiger partial charge in [0.25, 0.3) is 10.9 Å². The van der Waals surface area contributed by atoms with Gasteiger partial charge in [-0.3, -0.25) is 10.1 Å². The SMILES string of the molecule is O=[N+]([O-])c1ccc(C(O)CC(O)CSc2nc(-c3ccccc3)c(-c3ccccc3)o2)cc1. The van der Waals surface area contributed by atoms with Gasteiger partial charge < -0.3 is 14.6 Å². The largest absolute Gasteiger partial charge is 0.431 e. The van der Waals surface area contributed by atoms with Crippen LogP contribution in [0.4, 0.5) is 5.69 Å². The summed E-state index contributed by atoms with van der Waals surface area (Å²) >= 11 is 1.27. The number of oxazole rings is 1. The third-order valence-electron chi connectivity index (χ3n) is 5.07. The van der Waals surface area contributed by atoms with Crippen LogP contribution in [0.25, 0.3) is 22.6 Å². The third-order valence-corrected chi connectivity index (χ3v) is 6.05. The van der Waals surface area contributed by atoms with Gasteiger partial charge in [0.1, 0.15) is 5.69 Å². The Morgan fingerprint density at radius 1 is 0.909 bits per heavy atom. The van der Waals surface area contributed by atoms with Crippen molar-refractivity contribution in [3.8, 4) is 22.6 Å². The van der Waals surface area contributed by atoms with Gasteiger partial charge in [0.2, 0.25) is 0 Å². The molecule has 0 aliphatic heterocycles. The van der Waals surface area contributed by atoms with E-state index in [0.29, 0.717) is 16.5 Å². The molecule has 33 heavy (non-hydrogen) atoms. The Labute approximate surface area is 194 Å². The van der Waals surface area contributed by atoms with Crippen LogP contribution in [0.1, 0.15) is 18.1 Å². The molecule has 4 aromatic rings. The van der Waals surface area contributed by atoms with Gasteiger partial charge in [-0.05, 0) is 17.7 Å². The van der Waals surface area contributed by atoms with Gasteiger partial charge in [0.05, 0.1) is 17.1 Å². The molecule has 7 nitrogen and oxygen atoms in total. The number of rotatable bonds is 9. The topological polar surface area (TPSA) is 110 Å². The van der Waals surface area contributed by atoms with Gasteiger partial charge in [0.15, 0.2) is 5.76 Å². The Balaban J connectivity index is 1.44. The maximum absolute atomic E-state index is 10.8. The molecule has 0 aliphatic rings. The van der Waals surface area contributed by atoms with Crippen molar-refractivity contribution in [2.45, 2.75) is 23.9 Å². The number of hydrogen-bond acceptors (Lipinski definition) is 7. The van der Waals surface area contributed by atoms with Crippen molar-refractivity contribution in [2.75, 3.05) is 5.75 Å². The number of hydrogen-bond donors (Lipinski definition) is 2. The smallest absolute Gasteiger partial charge is 0.269 e. The fraction of sp³-hybridized carbons (Fsp3) is 0.160. The summed E-state index contributed by atoms with van der Waals surface area (Å²) in [4.78, 5) is 14.9. The second-order valence-electron chi connectivity index (χ2n) is 7.45. The van der Waals surface area contributed by atoms with E-state index in [4.69, 9.17) is 4.42 Å². The minimum absolute atomic E-state index is 0.0469. The molecule has 8 heteroatoms. The normalized spacial score (nSPS) is 12.9. The highest BCUT2D eigenvalue weighted by atomic mass is 32.2. The molecule has 2 unspecified atom stereocenters. The van der Waals surface area contributed by atoms with Crippen molar-refractivity contribution in [3.05, 3.63) is 101 Å². The van der Waals surface area contributed by atoms with E-state index in [0.717, 1.165) is 16.8 Å². The van der Waals surface area contributed by atoms with E-state index in [9.17, 15) is 20.3 Å². The van der Waals surface area contributed by atoms with Crippen LogP contribution in [0.2, 0.25) is 0 Å². The number of nitro groups is 1. The first kappa shape index (κ1) is 22.7. The monoisotopic (exact) mass is 462 g/mol. The van der Waals surface area contributed by atoms with Gasteiger partial charge in [-0.2, -0.15) is 0 Å². The summed E-state index contributed by atoms with van der Waals surface area (Å²) in [7, 11) is 0. The minimum atomic E-state index is -0.939. The van der Waals surface area contributed by atoms with Gasteiger partial charge in [0, 0.05) is 35.4 Å². The molecule has 0 saturated carbocycles. The summed E-state index contributed by atoms with van der Waals surface area (Å²) in [5.41, 5.74) is 3.03. The van der Waals surface area contributed by atoms with Crippen LogP contribution in [-0.4, -0.2) is 32.0 Å². The first-order chi connectivity index (χ1) is 16.0. The standard InChI is InChI=1S/C25H22N2O5S/c28-21(15-22(29)17-11-13-20(14-12-17)27(30)31)16-33-25-26-23(18-7-3-1-4-8-18)24(32-25)19-9-5-2-6-10-19/h1-14,21-22,28-29H,15-16H2. The fourth-order valence-corrected chi connectivity index (χ4v) is 4.16. The van der Waals surface area contributed by atoms with Crippen LogP contribution >= 0.6 is 11.8 Å². The van der Waals surface area contributed by atoms with Gasteiger partial charge in [-0.1, -0.05) is 72.4 Å². The van der Waals surface area contributed by atoms with E-state index in [1.807, 2.05) is 60.7 Å². The summed E-state index contributed by atoms with van der Waals surface area (Å²) in [6.45, 7) is 0. The summed E-state index contributed by atoms with van der Waals surface area (Å²) in [5, 5.41) is 32.0. The maximum atomic E-state index is 10.8. The predicted octanol–water partition coefficient (Wildman–Crippen LogP) is 5.49. The molecule has 1 aromatic heterocycles. The number of benzene rings is 3. The average molecular weight is 463 g/mol. The second-order valence-corrected chi connectivity index (χ2v) is 8.43. The Hall–Kier alpha value is -3.46. The molecule has 168 valence electrons. The molecule has 4 rings (SSSR count). The number of aliphatic hydroxyl groups is 2. The molecule has 3 aromatic carbocycles. The first-order valence-corrected chi connectivity index (χ1v) is 11.3. The highest BCUT2D eigenvalue weighted by Gasteiger charge is 2.20. The van der Waals surface area contributed by atoms with E-state index in [2.05, 4.69) is 4.98 Å². The van der Waals surface area contributed by atoms with Gasteiger partial charge in [-0.15, -0.1) is 0 Å². The predicted molar refractivity (Wildman–Crippen MR) is 127 cm³/mol. The fourth-order valence-electron chi connectivity index (χ4n) is 3.39. The van der Waals surface area contributed by atoms with E-state index in [1.165, 1.54) is 36.0 Å². The zero-order chi connectivity index (χ0) is 23.2. The highest BCUT2D eigenvalue weighted by Crippen LogP contribution is 2.36. The molecule has 0 saturated heterocycles. The number of nitrogens with zero attached hydrogens (tertiary/aromatic N) is 2. The van der Waals surface area contributed by atoms with Crippen molar-refractivity contribution in [3.63, 3.8) is 0 Å². The zero-order valence-corrected chi connectivity index (χ0v) is 18.4. The molecule has 0 amide bonds. The van der Waals surface area contributed by atoms with Crippen molar-refractivity contribution < 1.29 is 19.6 Å². The van der Waals surface area contributed by atoms with Crippen LogP contribution in [0.15, 0.2) is 94.6 Å². The van der Waals surface area contributed by atoms with E-state index >= 15 is 0 Å². The number of thioether (sulfide) groups is 1. The lowest BCUT2D eigenvalue weighted by molar-refractivity contribution is -0.384. The molecular weight excluding hydrogens is 440 g/mol. The molecule has 0 spiro atoms. The molecule has 0 aliphatic carbocycles. The molecule has 0 fully saturated rings. The molecule has 0 radical (unpaired) electrons. The third kappa shape index (κ3) is 5.67. The Morgan fingerprint density at radius 2 is 1.52 bits per heavy atom. The number of nitro benzene ring substituents is 1. The van der Waals surface area contributed by atoms with Crippen LogP contribution in [0.5, 0.6) is 0 Å². The van der Waals surface area contributed by atoms with Crippen molar-refractivity contribution in [1.29, 1.82) is 0 Å². The number of aliphatic hydroxyl groups excluding tert-OH is 2. The Morgan fingerprint density at radius 3 is 2.12 bits per heavy atom. The van der Waals surface area contributed by atoms with E-state index < -0.39 is 17.1 Å². The minimum Gasteiger partial charge on any atom is -0.431 e. The lowest BCUT2D eigenvalue weighted by atomic mass is 10.0. The summed E-state index contributed by atoms with van der Waals surface area (Å²) < 4.78 is 6.05. The quantitative estimate of drug-likeness (QED) is 0.192. The summed E-state index contributed by atoms with van der Waals surface area (Å²) in [5.74, 6) is 0.928. The Bertz CT molecular complexity index is 1140. The van der Waals surface area contributed by atoms with Crippen LogP contribution in [0.3, 0.4) is 0 Å². The van der Waals surface area contributed by atoms with Crippen LogP contribution < -0.4 is 0 Å². The van der Waals surface area contributed by atoms with Gasteiger partial charge in [-0.25, -0.2) is 4.98 Å². The van der Waals surface area contributed by atoms with Crippen molar-refractivity contribution >= 4 is 17.4 Å². The zero-order valence-electron chi connectivity index (χ0n) is 17.6. The first-order valence-electron chi connectivity index (χ1n) is 10.4. The van der Waals surface area contributed by atoms with Crippen molar-refractivity contribution in [2.24, 2.45) is 0 Å². The second kappa shape index (κ2) is 10.4. The summed E-state index contributed by atoms with van der Waals surface area (Å²) in [6, 6.07) is 25.1.